The Morgan fingerprint density at radius 3 is 2.56 bits per heavy atom. The second-order valence-electron chi connectivity index (χ2n) is 4.07. The van der Waals surface area contributed by atoms with Gasteiger partial charge >= 0.3 is 0 Å². The molecule has 1 saturated carbocycles. The van der Waals surface area contributed by atoms with E-state index in [2.05, 4.69) is 20.7 Å². The van der Waals surface area contributed by atoms with Crippen LogP contribution in [0.1, 0.15) is 30.6 Å². The fraction of sp³-hybridized carbons (Fsp3) is 0.600. The second-order valence-corrected chi connectivity index (χ2v) is 8.39. The third-order valence-corrected chi connectivity index (χ3v) is 6.14. The fourth-order valence-corrected chi connectivity index (χ4v) is 5.74. The SMILES string of the molecule is Cc1sc(Br)cc1S(=O)(=O)NC1CCCC1. The number of rotatable bonds is 3. The molecule has 0 amide bonds. The molecule has 2 rings (SSSR count). The Morgan fingerprint density at radius 1 is 1.44 bits per heavy atom. The summed E-state index contributed by atoms with van der Waals surface area (Å²) in [6.45, 7) is 1.83. The predicted molar refractivity (Wildman–Crippen MR) is 69.3 cm³/mol. The number of hydrogen-bond acceptors (Lipinski definition) is 3. The Kier molecular flexibility index (Phi) is 3.73. The highest BCUT2D eigenvalue weighted by Gasteiger charge is 2.25. The molecule has 90 valence electrons. The first-order valence-electron chi connectivity index (χ1n) is 5.27. The van der Waals surface area contributed by atoms with Crippen LogP contribution < -0.4 is 4.72 Å². The van der Waals surface area contributed by atoms with Gasteiger partial charge in [-0.05, 0) is 41.8 Å². The van der Waals surface area contributed by atoms with Crippen LogP contribution in [0.5, 0.6) is 0 Å². The molecular weight excluding hydrogens is 310 g/mol. The standard InChI is InChI=1S/C10H14BrNO2S2/c1-7-9(6-10(11)15-7)16(13,14)12-8-4-2-3-5-8/h6,8,12H,2-5H2,1H3. The lowest BCUT2D eigenvalue weighted by Gasteiger charge is -2.11. The van der Waals surface area contributed by atoms with Crippen LogP contribution >= 0.6 is 27.3 Å². The highest BCUT2D eigenvalue weighted by Crippen LogP contribution is 2.30. The highest BCUT2D eigenvalue weighted by molar-refractivity contribution is 9.11. The zero-order valence-corrected chi connectivity index (χ0v) is 12.2. The summed E-state index contributed by atoms with van der Waals surface area (Å²) in [6, 6.07) is 1.81. The first-order chi connectivity index (χ1) is 7.49. The molecule has 0 unspecified atom stereocenters. The lowest BCUT2D eigenvalue weighted by atomic mass is 10.3. The van der Waals surface area contributed by atoms with Gasteiger partial charge < -0.3 is 0 Å². The van der Waals surface area contributed by atoms with Crippen LogP contribution in [-0.4, -0.2) is 14.5 Å². The summed E-state index contributed by atoms with van der Waals surface area (Å²) in [6.07, 6.45) is 4.17. The molecule has 1 aromatic rings. The first kappa shape index (κ1) is 12.5. The van der Waals surface area contributed by atoms with Crippen LogP contribution in [0, 0.1) is 6.92 Å². The maximum absolute atomic E-state index is 12.1. The van der Waals surface area contributed by atoms with Gasteiger partial charge in [0.15, 0.2) is 0 Å². The smallest absolute Gasteiger partial charge is 0.208 e. The van der Waals surface area contributed by atoms with Crippen molar-refractivity contribution < 1.29 is 8.42 Å². The molecule has 1 heterocycles. The maximum atomic E-state index is 12.1. The van der Waals surface area contributed by atoms with E-state index in [1.807, 2.05) is 6.92 Å². The number of nitrogens with one attached hydrogen (secondary N) is 1. The molecule has 0 aromatic carbocycles. The van der Waals surface area contributed by atoms with E-state index in [0.29, 0.717) is 4.90 Å². The fourth-order valence-electron chi connectivity index (χ4n) is 2.02. The largest absolute Gasteiger partial charge is 0.241 e. The highest BCUT2D eigenvalue weighted by atomic mass is 79.9. The van der Waals surface area contributed by atoms with Crippen LogP contribution in [0.3, 0.4) is 0 Å². The van der Waals surface area contributed by atoms with Gasteiger partial charge in [-0.2, -0.15) is 0 Å². The summed E-state index contributed by atoms with van der Waals surface area (Å²) in [5.74, 6) is 0. The minimum Gasteiger partial charge on any atom is -0.208 e. The van der Waals surface area contributed by atoms with Gasteiger partial charge in [-0.1, -0.05) is 12.8 Å². The molecular formula is C10H14BrNO2S2. The van der Waals surface area contributed by atoms with Crippen molar-refractivity contribution in [2.75, 3.05) is 0 Å². The van der Waals surface area contributed by atoms with E-state index < -0.39 is 10.0 Å². The van der Waals surface area contributed by atoms with Crippen LogP contribution in [0.15, 0.2) is 14.7 Å². The minimum absolute atomic E-state index is 0.128. The van der Waals surface area contributed by atoms with Crippen LogP contribution in [0.4, 0.5) is 0 Å². The number of sulfonamides is 1. The number of halogens is 1. The van der Waals surface area contributed by atoms with E-state index in [0.717, 1.165) is 34.3 Å². The van der Waals surface area contributed by atoms with Gasteiger partial charge in [0.25, 0.3) is 0 Å². The van der Waals surface area contributed by atoms with Gasteiger partial charge in [0, 0.05) is 10.9 Å². The zero-order valence-electron chi connectivity index (χ0n) is 8.99. The first-order valence-corrected chi connectivity index (χ1v) is 8.36. The summed E-state index contributed by atoms with van der Waals surface area (Å²) in [5.41, 5.74) is 0. The summed E-state index contributed by atoms with van der Waals surface area (Å²) >= 11 is 4.77. The van der Waals surface area contributed by atoms with Crippen molar-refractivity contribution in [3.8, 4) is 0 Å². The van der Waals surface area contributed by atoms with Gasteiger partial charge in [-0.3, -0.25) is 0 Å². The van der Waals surface area contributed by atoms with Crippen molar-refractivity contribution in [3.05, 3.63) is 14.7 Å². The van der Waals surface area contributed by atoms with Crippen molar-refractivity contribution in [1.82, 2.24) is 4.72 Å². The van der Waals surface area contributed by atoms with E-state index in [4.69, 9.17) is 0 Å². The minimum atomic E-state index is -3.32. The monoisotopic (exact) mass is 323 g/mol. The number of aryl methyl sites for hydroxylation is 1. The van der Waals surface area contributed by atoms with Gasteiger partial charge in [-0.25, -0.2) is 13.1 Å². The van der Waals surface area contributed by atoms with E-state index in [1.165, 1.54) is 11.3 Å². The van der Waals surface area contributed by atoms with Gasteiger partial charge in [0.1, 0.15) is 0 Å². The molecule has 6 heteroatoms. The molecule has 0 aliphatic heterocycles. The molecule has 0 spiro atoms. The molecule has 1 fully saturated rings. The predicted octanol–water partition coefficient (Wildman–Crippen LogP) is 3.04. The van der Waals surface area contributed by atoms with Crippen molar-refractivity contribution >= 4 is 37.3 Å². The average molecular weight is 324 g/mol. The molecule has 0 saturated heterocycles. The average Bonchev–Trinajstić information content (AvgIpc) is 2.75. The van der Waals surface area contributed by atoms with Crippen molar-refractivity contribution in [1.29, 1.82) is 0 Å². The molecule has 1 aliphatic carbocycles. The number of thiophene rings is 1. The second kappa shape index (κ2) is 4.76. The summed E-state index contributed by atoms with van der Waals surface area (Å²) < 4.78 is 27.8. The normalized spacial score (nSPS) is 18.1. The Labute approximate surface area is 108 Å². The van der Waals surface area contributed by atoms with E-state index in [9.17, 15) is 8.42 Å². The zero-order chi connectivity index (χ0) is 11.8. The quantitative estimate of drug-likeness (QED) is 0.929. The van der Waals surface area contributed by atoms with E-state index in [-0.39, 0.29) is 6.04 Å². The van der Waals surface area contributed by atoms with Crippen LogP contribution in [-0.2, 0) is 10.0 Å². The van der Waals surface area contributed by atoms with E-state index >= 15 is 0 Å². The molecule has 1 N–H and O–H groups in total. The van der Waals surface area contributed by atoms with E-state index in [1.54, 1.807) is 6.07 Å². The summed E-state index contributed by atoms with van der Waals surface area (Å²) in [4.78, 5) is 1.24. The molecule has 1 aromatic heterocycles. The Balaban J connectivity index is 2.21. The molecule has 0 bridgehead atoms. The molecule has 3 nitrogen and oxygen atoms in total. The third kappa shape index (κ3) is 2.67. The summed E-state index contributed by atoms with van der Waals surface area (Å²) in [7, 11) is -3.32. The molecule has 16 heavy (non-hydrogen) atoms. The third-order valence-electron chi connectivity index (χ3n) is 2.81. The Morgan fingerprint density at radius 2 is 2.06 bits per heavy atom. The lowest BCUT2D eigenvalue weighted by molar-refractivity contribution is 0.552. The van der Waals surface area contributed by atoms with Gasteiger partial charge in [0.2, 0.25) is 10.0 Å². The van der Waals surface area contributed by atoms with Crippen molar-refractivity contribution in [2.24, 2.45) is 0 Å². The Bertz CT molecular complexity index is 475. The van der Waals surface area contributed by atoms with Crippen molar-refractivity contribution in [3.63, 3.8) is 0 Å². The topological polar surface area (TPSA) is 46.2 Å². The molecule has 0 atom stereocenters. The van der Waals surface area contributed by atoms with Crippen molar-refractivity contribution in [2.45, 2.75) is 43.5 Å². The molecule has 1 aliphatic rings. The maximum Gasteiger partial charge on any atom is 0.241 e. The Hall–Kier alpha value is 0.0900. The van der Waals surface area contributed by atoms with Gasteiger partial charge in [-0.15, -0.1) is 11.3 Å². The summed E-state index contributed by atoms with van der Waals surface area (Å²) in [5, 5.41) is 0. The lowest BCUT2D eigenvalue weighted by Crippen LogP contribution is -2.32. The van der Waals surface area contributed by atoms with Crippen LogP contribution in [0.25, 0.3) is 0 Å². The van der Waals surface area contributed by atoms with Crippen LogP contribution in [0.2, 0.25) is 0 Å². The van der Waals surface area contributed by atoms with Gasteiger partial charge in [0.05, 0.1) is 8.68 Å². The molecule has 0 radical (unpaired) electrons. The number of hydrogen-bond donors (Lipinski definition) is 1.